The van der Waals surface area contributed by atoms with Crippen LogP contribution in [0.4, 0.5) is 11.5 Å². The fourth-order valence-electron chi connectivity index (χ4n) is 0.974. The number of hydrogen-bond donors (Lipinski definition) is 3. The molecule has 0 radical (unpaired) electrons. The average Bonchev–Trinajstić information content (AvgIpc) is 2.30. The quantitative estimate of drug-likeness (QED) is 0.644. The van der Waals surface area contributed by atoms with Gasteiger partial charge in [0, 0.05) is 6.26 Å². The molecule has 0 amide bonds. The highest BCUT2D eigenvalue weighted by molar-refractivity contribution is 8.08. The van der Waals surface area contributed by atoms with E-state index in [4.69, 9.17) is 5.73 Å². The summed E-state index contributed by atoms with van der Waals surface area (Å²) in [6.07, 6.45) is 0.825. The molecule has 92 valence electrons. The van der Waals surface area contributed by atoms with E-state index in [1.54, 1.807) is 6.92 Å². The van der Waals surface area contributed by atoms with Crippen molar-refractivity contribution < 1.29 is 16.8 Å². The number of sulfonamides is 1. The Morgan fingerprint density at radius 2 is 1.94 bits per heavy atom. The Hall–Kier alpha value is -1.29. The van der Waals surface area contributed by atoms with Crippen molar-refractivity contribution in [3.05, 3.63) is 5.69 Å². The Labute approximate surface area is 93.2 Å². The molecule has 16 heavy (non-hydrogen) atoms. The maximum absolute atomic E-state index is 11.4. The first-order valence-electron chi connectivity index (χ1n) is 4.09. The summed E-state index contributed by atoms with van der Waals surface area (Å²) in [5, 5.41) is 5.06. The van der Waals surface area contributed by atoms with E-state index in [1.807, 2.05) is 4.72 Å². The number of H-pyrrole nitrogens is 1. The molecule has 0 fully saturated rings. The fraction of sp³-hybridized carbons (Fsp3) is 0.500. The first-order chi connectivity index (χ1) is 7.11. The summed E-state index contributed by atoms with van der Waals surface area (Å²) < 4.78 is 46.4. The van der Waals surface area contributed by atoms with E-state index in [0.29, 0.717) is 5.69 Å². The number of anilines is 2. The lowest BCUT2D eigenvalue weighted by atomic mass is 10.4. The number of aromatic nitrogens is 2. The summed E-state index contributed by atoms with van der Waals surface area (Å²) in [7, 11) is -7.64. The van der Waals surface area contributed by atoms with Gasteiger partial charge in [-0.05, 0) is 6.92 Å². The van der Waals surface area contributed by atoms with Gasteiger partial charge in [0.1, 0.15) is 0 Å². The molecule has 0 spiro atoms. The van der Waals surface area contributed by atoms with Crippen LogP contribution in [0.2, 0.25) is 0 Å². The third kappa shape index (κ3) is 3.38. The van der Waals surface area contributed by atoms with E-state index in [1.165, 1.54) is 0 Å². The first kappa shape index (κ1) is 12.8. The van der Waals surface area contributed by atoms with E-state index >= 15 is 0 Å². The molecule has 0 atom stereocenters. The molecule has 0 saturated heterocycles. The van der Waals surface area contributed by atoms with Gasteiger partial charge in [-0.25, -0.2) is 16.8 Å². The molecule has 0 unspecified atom stereocenters. The van der Waals surface area contributed by atoms with Gasteiger partial charge in [0.25, 0.3) is 0 Å². The lowest BCUT2D eigenvalue weighted by molar-refractivity contribution is 0.594. The van der Waals surface area contributed by atoms with E-state index in [0.717, 1.165) is 6.26 Å². The van der Waals surface area contributed by atoms with Gasteiger partial charge in [-0.15, -0.1) is 0 Å². The number of aryl methyl sites for hydroxylation is 1. The Morgan fingerprint density at radius 3 is 2.31 bits per heavy atom. The van der Waals surface area contributed by atoms with Gasteiger partial charge in [-0.1, -0.05) is 0 Å². The number of nitrogens with zero attached hydrogens (tertiary/aromatic N) is 1. The summed E-state index contributed by atoms with van der Waals surface area (Å²) >= 11 is 0. The number of nitrogen functional groups attached to an aromatic ring is 1. The Bertz CT molecular complexity index is 586. The second-order valence-corrected chi connectivity index (χ2v) is 7.60. The van der Waals surface area contributed by atoms with Crippen LogP contribution in [0.25, 0.3) is 0 Å². The van der Waals surface area contributed by atoms with Crippen molar-refractivity contribution >= 4 is 31.4 Å². The van der Waals surface area contributed by atoms with Crippen molar-refractivity contribution in [3.8, 4) is 0 Å². The molecule has 1 aromatic heterocycles. The largest absolute Gasteiger partial charge is 0.394 e. The number of sulfone groups is 1. The normalized spacial score (nSPS) is 12.6. The fourth-order valence-corrected chi connectivity index (χ4v) is 3.91. The molecular weight excluding hydrogens is 256 g/mol. The predicted octanol–water partition coefficient (Wildman–Crippen LogP) is -0.956. The van der Waals surface area contributed by atoms with Gasteiger partial charge in [-0.3, -0.25) is 9.82 Å². The van der Waals surface area contributed by atoms with Crippen molar-refractivity contribution in [3.63, 3.8) is 0 Å². The van der Waals surface area contributed by atoms with Crippen molar-refractivity contribution in [2.45, 2.75) is 6.92 Å². The number of nitrogens with two attached hydrogens (primary N) is 1. The third-order valence-electron chi connectivity index (χ3n) is 1.62. The van der Waals surface area contributed by atoms with Gasteiger partial charge >= 0.3 is 0 Å². The zero-order chi connectivity index (χ0) is 12.6. The van der Waals surface area contributed by atoms with Crippen molar-refractivity contribution in [2.75, 3.05) is 21.8 Å². The number of aromatic amines is 1. The molecule has 0 aromatic carbocycles. The van der Waals surface area contributed by atoms with Crippen molar-refractivity contribution in [2.24, 2.45) is 0 Å². The van der Waals surface area contributed by atoms with Crippen LogP contribution in [0.3, 0.4) is 0 Å². The smallest absolute Gasteiger partial charge is 0.248 e. The zero-order valence-electron chi connectivity index (χ0n) is 8.68. The van der Waals surface area contributed by atoms with Gasteiger partial charge in [0.15, 0.2) is 20.7 Å². The average molecular weight is 268 g/mol. The lowest BCUT2D eigenvalue weighted by Gasteiger charge is -2.04. The van der Waals surface area contributed by atoms with Crippen LogP contribution < -0.4 is 10.5 Å². The highest BCUT2D eigenvalue weighted by Gasteiger charge is 2.20. The highest BCUT2D eigenvalue weighted by atomic mass is 32.3. The Balaban J connectivity index is 2.94. The van der Waals surface area contributed by atoms with Crippen molar-refractivity contribution in [1.82, 2.24) is 10.2 Å². The van der Waals surface area contributed by atoms with Gasteiger partial charge in [0.05, 0.1) is 11.4 Å². The lowest BCUT2D eigenvalue weighted by Crippen LogP contribution is -2.22. The van der Waals surface area contributed by atoms with Crippen LogP contribution >= 0.6 is 0 Å². The van der Waals surface area contributed by atoms with Crippen LogP contribution in [0.5, 0.6) is 0 Å². The summed E-state index contributed by atoms with van der Waals surface area (Å²) in [5.41, 5.74) is 6.14. The van der Waals surface area contributed by atoms with Gasteiger partial charge in [0.2, 0.25) is 10.0 Å². The highest BCUT2D eigenvalue weighted by Crippen LogP contribution is 2.19. The van der Waals surface area contributed by atoms with Crippen LogP contribution in [-0.4, -0.2) is 38.4 Å². The molecule has 10 heteroatoms. The molecule has 1 aromatic rings. The van der Waals surface area contributed by atoms with Gasteiger partial charge in [-0.2, -0.15) is 5.10 Å². The monoisotopic (exact) mass is 268 g/mol. The standard InChI is InChI=1S/C6H12N4O4S2/c1-4-5(7)6(9-8-4)10-16(13,14)3-15(2,11)12/h3,7H2,1-2H3,(H2,8,9,10). The van der Waals surface area contributed by atoms with E-state index in [9.17, 15) is 16.8 Å². The van der Waals surface area contributed by atoms with Crippen LogP contribution in [0.1, 0.15) is 5.69 Å². The maximum atomic E-state index is 11.4. The summed E-state index contributed by atoms with van der Waals surface area (Å²) in [6, 6.07) is 0. The first-order valence-corrected chi connectivity index (χ1v) is 7.81. The molecule has 0 saturated carbocycles. The van der Waals surface area contributed by atoms with Crippen LogP contribution in [-0.2, 0) is 19.9 Å². The molecule has 4 N–H and O–H groups in total. The molecular formula is C6H12N4O4S2. The molecule has 0 aliphatic carbocycles. The minimum Gasteiger partial charge on any atom is -0.394 e. The molecule has 1 heterocycles. The van der Waals surface area contributed by atoms with Crippen LogP contribution in [0, 0.1) is 6.92 Å². The van der Waals surface area contributed by atoms with E-state index in [2.05, 4.69) is 10.2 Å². The predicted molar refractivity (Wildman–Crippen MR) is 60.0 cm³/mol. The zero-order valence-corrected chi connectivity index (χ0v) is 10.3. The SMILES string of the molecule is Cc1[nH]nc(NS(=O)(=O)CS(C)(=O)=O)c1N. The molecule has 0 aliphatic rings. The Kier molecular flexibility index (Phi) is 3.15. The summed E-state index contributed by atoms with van der Waals surface area (Å²) in [5.74, 6) is -0.0962. The Morgan fingerprint density at radius 1 is 1.38 bits per heavy atom. The van der Waals surface area contributed by atoms with Crippen molar-refractivity contribution in [1.29, 1.82) is 0 Å². The minimum absolute atomic E-state index is 0.0962. The molecule has 1 rings (SSSR count). The number of hydrogen-bond acceptors (Lipinski definition) is 6. The van der Waals surface area contributed by atoms with E-state index < -0.39 is 24.9 Å². The number of rotatable bonds is 4. The minimum atomic E-state index is -4.00. The second kappa shape index (κ2) is 3.94. The topological polar surface area (TPSA) is 135 Å². The molecule has 0 aliphatic heterocycles. The summed E-state index contributed by atoms with van der Waals surface area (Å²) in [4.78, 5) is 0. The van der Waals surface area contributed by atoms with Crippen LogP contribution in [0.15, 0.2) is 0 Å². The van der Waals surface area contributed by atoms with E-state index in [-0.39, 0.29) is 11.5 Å². The maximum Gasteiger partial charge on any atom is 0.248 e. The third-order valence-corrected chi connectivity index (χ3v) is 5.07. The molecule has 0 bridgehead atoms. The second-order valence-electron chi connectivity index (χ2n) is 3.37. The molecule has 8 nitrogen and oxygen atoms in total. The van der Waals surface area contributed by atoms with Gasteiger partial charge < -0.3 is 5.73 Å². The summed E-state index contributed by atoms with van der Waals surface area (Å²) in [6.45, 7) is 1.61. The number of nitrogens with one attached hydrogen (secondary N) is 2.